The number of nitrogens with one attached hydrogen (secondary N) is 1. The smallest absolute Gasteiger partial charge is 0.219 e. The minimum atomic E-state index is -3.31. The van der Waals surface area contributed by atoms with E-state index >= 15 is 0 Å². The number of anilines is 2. The van der Waals surface area contributed by atoms with Gasteiger partial charge in [0.25, 0.3) is 0 Å². The first-order valence-corrected chi connectivity index (χ1v) is 11.4. The molecular formula is C21H23N5O3S. The summed E-state index contributed by atoms with van der Waals surface area (Å²) in [6.07, 6.45) is 4.94. The van der Waals surface area contributed by atoms with Gasteiger partial charge in [-0.3, -0.25) is 14.5 Å². The first-order chi connectivity index (χ1) is 14.2. The summed E-state index contributed by atoms with van der Waals surface area (Å²) in [5, 5.41) is 7.94. The van der Waals surface area contributed by atoms with Gasteiger partial charge in [-0.05, 0) is 23.8 Å². The van der Waals surface area contributed by atoms with Crippen LogP contribution in [0.5, 0.6) is 0 Å². The van der Waals surface area contributed by atoms with Crippen LogP contribution in [-0.4, -0.2) is 46.8 Å². The first kappa shape index (κ1) is 20.1. The van der Waals surface area contributed by atoms with E-state index < -0.39 is 9.84 Å². The van der Waals surface area contributed by atoms with Gasteiger partial charge in [0, 0.05) is 68.1 Å². The molecule has 30 heavy (non-hydrogen) atoms. The third-order valence-electron chi connectivity index (χ3n) is 5.31. The molecule has 0 spiro atoms. The highest BCUT2D eigenvalue weighted by Gasteiger charge is 2.25. The zero-order chi connectivity index (χ0) is 21.5. The second-order valence-electron chi connectivity index (χ2n) is 7.47. The molecule has 3 heterocycles. The molecule has 9 heteroatoms. The Morgan fingerprint density at radius 1 is 1.13 bits per heavy atom. The highest BCUT2D eigenvalue weighted by molar-refractivity contribution is 7.90. The van der Waals surface area contributed by atoms with E-state index in [0.29, 0.717) is 13.1 Å². The lowest BCUT2D eigenvalue weighted by molar-refractivity contribution is -0.129. The molecule has 2 aromatic heterocycles. The fourth-order valence-electron chi connectivity index (χ4n) is 3.62. The van der Waals surface area contributed by atoms with E-state index in [1.807, 2.05) is 40.9 Å². The van der Waals surface area contributed by atoms with E-state index in [0.717, 1.165) is 40.3 Å². The largest absolute Gasteiger partial charge is 0.338 e. The fourth-order valence-corrected chi connectivity index (χ4v) is 4.22. The number of carbonyl (C=O) groups is 1. The monoisotopic (exact) mass is 425 g/mol. The number of rotatable bonds is 4. The van der Waals surface area contributed by atoms with Gasteiger partial charge in [-0.1, -0.05) is 12.1 Å². The second-order valence-corrected chi connectivity index (χ2v) is 9.49. The van der Waals surface area contributed by atoms with Crippen molar-refractivity contribution >= 4 is 27.2 Å². The molecule has 1 aliphatic rings. The van der Waals surface area contributed by atoms with Gasteiger partial charge in [0.05, 0.1) is 11.4 Å². The van der Waals surface area contributed by atoms with E-state index in [2.05, 4.69) is 15.4 Å². The Kier molecular flexibility index (Phi) is 5.07. The average Bonchev–Trinajstić information content (AvgIpc) is 3.03. The SMILES string of the molecule is CC(=O)N1CCc2c(c(Nc3ccc(-c4cncc(S(C)(=O)=O)c4)cc3)nn2C)C1. The van der Waals surface area contributed by atoms with Crippen LogP contribution in [0.15, 0.2) is 47.6 Å². The fraction of sp³-hybridized carbons (Fsp3) is 0.286. The second kappa shape index (κ2) is 7.56. The molecule has 1 amide bonds. The third kappa shape index (κ3) is 3.93. The molecule has 0 unspecified atom stereocenters. The van der Waals surface area contributed by atoms with Crippen LogP contribution in [0.4, 0.5) is 11.5 Å². The summed E-state index contributed by atoms with van der Waals surface area (Å²) in [5.74, 6) is 0.802. The van der Waals surface area contributed by atoms with E-state index in [-0.39, 0.29) is 10.8 Å². The van der Waals surface area contributed by atoms with Crippen LogP contribution in [0.2, 0.25) is 0 Å². The Bertz CT molecular complexity index is 1220. The van der Waals surface area contributed by atoms with E-state index in [4.69, 9.17) is 0 Å². The maximum Gasteiger partial charge on any atom is 0.219 e. The maximum absolute atomic E-state index is 11.8. The molecule has 4 rings (SSSR count). The predicted octanol–water partition coefficient (Wildman–Crippen LogP) is 2.53. The number of carbonyl (C=O) groups excluding carboxylic acids is 1. The van der Waals surface area contributed by atoms with Crippen molar-refractivity contribution in [2.75, 3.05) is 18.1 Å². The van der Waals surface area contributed by atoms with Crippen molar-refractivity contribution in [2.45, 2.75) is 24.8 Å². The molecule has 0 fully saturated rings. The van der Waals surface area contributed by atoms with Crippen molar-refractivity contribution in [2.24, 2.45) is 7.05 Å². The van der Waals surface area contributed by atoms with Gasteiger partial charge >= 0.3 is 0 Å². The van der Waals surface area contributed by atoms with Crippen LogP contribution in [-0.2, 0) is 34.6 Å². The highest BCUT2D eigenvalue weighted by Crippen LogP contribution is 2.29. The molecule has 8 nitrogen and oxygen atoms in total. The number of nitrogens with zero attached hydrogens (tertiary/aromatic N) is 4. The molecule has 0 bridgehead atoms. The molecule has 156 valence electrons. The first-order valence-electron chi connectivity index (χ1n) is 9.55. The van der Waals surface area contributed by atoms with E-state index in [9.17, 15) is 13.2 Å². The summed E-state index contributed by atoms with van der Waals surface area (Å²) in [6, 6.07) is 9.26. The summed E-state index contributed by atoms with van der Waals surface area (Å²) in [6.45, 7) is 2.83. The molecule has 1 N–H and O–H groups in total. The summed E-state index contributed by atoms with van der Waals surface area (Å²) in [7, 11) is -1.40. The zero-order valence-corrected chi connectivity index (χ0v) is 17.9. The van der Waals surface area contributed by atoms with Gasteiger partial charge in [0.1, 0.15) is 0 Å². The van der Waals surface area contributed by atoms with Gasteiger partial charge < -0.3 is 10.2 Å². The van der Waals surface area contributed by atoms with Crippen LogP contribution < -0.4 is 5.32 Å². The van der Waals surface area contributed by atoms with Crippen molar-refractivity contribution in [3.8, 4) is 11.1 Å². The van der Waals surface area contributed by atoms with Crippen LogP contribution in [0.3, 0.4) is 0 Å². The number of pyridine rings is 1. The number of hydrogen-bond acceptors (Lipinski definition) is 6. The van der Waals surface area contributed by atoms with Crippen molar-refractivity contribution in [1.29, 1.82) is 0 Å². The quantitative estimate of drug-likeness (QED) is 0.690. The molecule has 0 saturated carbocycles. The molecule has 0 saturated heterocycles. The Balaban J connectivity index is 1.58. The Labute approximate surface area is 175 Å². The number of fused-ring (bicyclic) bond motifs is 1. The summed E-state index contributed by atoms with van der Waals surface area (Å²) < 4.78 is 25.4. The van der Waals surface area contributed by atoms with Crippen LogP contribution in [0, 0.1) is 0 Å². The summed E-state index contributed by atoms with van der Waals surface area (Å²) in [5.41, 5.74) is 4.62. The number of aromatic nitrogens is 3. The van der Waals surface area contributed by atoms with Gasteiger partial charge in [-0.25, -0.2) is 8.42 Å². The van der Waals surface area contributed by atoms with Gasteiger partial charge in [-0.2, -0.15) is 5.10 Å². The summed E-state index contributed by atoms with van der Waals surface area (Å²) in [4.78, 5) is 17.8. The van der Waals surface area contributed by atoms with E-state index in [1.54, 1.807) is 19.2 Å². The average molecular weight is 426 g/mol. The minimum absolute atomic E-state index is 0.0599. The minimum Gasteiger partial charge on any atom is -0.338 e. The van der Waals surface area contributed by atoms with E-state index in [1.165, 1.54) is 12.5 Å². The third-order valence-corrected chi connectivity index (χ3v) is 6.39. The maximum atomic E-state index is 11.8. The molecule has 0 aliphatic carbocycles. The zero-order valence-electron chi connectivity index (χ0n) is 17.1. The van der Waals surface area contributed by atoms with Crippen LogP contribution >= 0.6 is 0 Å². The molecule has 1 aliphatic heterocycles. The Morgan fingerprint density at radius 3 is 2.53 bits per heavy atom. The number of aryl methyl sites for hydroxylation is 1. The van der Waals surface area contributed by atoms with Crippen molar-refractivity contribution in [3.05, 3.63) is 54.0 Å². The molecule has 1 aromatic carbocycles. The van der Waals surface area contributed by atoms with Crippen LogP contribution in [0.1, 0.15) is 18.2 Å². The molecular weight excluding hydrogens is 402 g/mol. The van der Waals surface area contributed by atoms with Gasteiger partial charge in [-0.15, -0.1) is 0 Å². The standard InChI is InChI=1S/C21H23N5O3S/c1-14(27)26-9-8-20-19(13-26)21(24-25(20)2)23-17-6-4-15(5-7-17)16-10-18(12-22-11-16)30(3,28)29/h4-7,10-12H,8-9,13H2,1-3H3,(H,23,24). The number of sulfone groups is 1. The molecule has 0 radical (unpaired) electrons. The lowest BCUT2D eigenvalue weighted by atomic mass is 10.1. The Hall–Kier alpha value is -3.20. The Morgan fingerprint density at radius 2 is 1.87 bits per heavy atom. The molecule has 3 aromatic rings. The lowest BCUT2D eigenvalue weighted by Crippen LogP contribution is -2.34. The normalized spacial score (nSPS) is 13.8. The van der Waals surface area contributed by atoms with Gasteiger partial charge in [0.2, 0.25) is 5.91 Å². The predicted molar refractivity (Wildman–Crippen MR) is 114 cm³/mol. The number of benzene rings is 1. The highest BCUT2D eigenvalue weighted by atomic mass is 32.2. The molecule has 0 atom stereocenters. The summed E-state index contributed by atoms with van der Waals surface area (Å²) >= 11 is 0. The number of amides is 1. The van der Waals surface area contributed by atoms with Crippen LogP contribution in [0.25, 0.3) is 11.1 Å². The van der Waals surface area contributed by atoms with Crippen molar-refractivity contribution in [3.63, 3.8) is 0 Å². The topological polar surface area (TPSA) is 97.2 Å². The lowest BCUT2D eigenvalue weighted by Gasteiger charge is -2.26. The number of hydrogen-bond donors (Lipinski definition) is 1. The van der Waals surface area contributed by atoms with Crippen molar-refractivity contribution in [1.82, 2.24) is 19.7 Å². The van der Waals surface area contributed by atoms with Gasteiger partial charge in [0.15, 0.2) is 15.7 Å². The van der Waals surface area contributed by atoms with Crippen molar-refractivity contribution < 1.29 is 13.2 Å².